The van der Waals surface area contributed by atoms with Gasteiger partial charge >= 0.3 is 0 Å². The Morgan fingerprint density at radius 2 is 1.26 bits per heavy atom. The molecule has 0 atom stereocenters. The van der Waals surface area contributed by atoms with Crippen LogP contribution in [0.2, 0.25) is 0 Å². The fraction of sp³-hybridized carbons (Fsp3) is 1.00. The van der Waals surface area contributed by atoms with E-state index in [1.165, 1.54) is 101 Å². The number of hydrogen-bond acceptors (Lipinski definition) is 3. The Kier molecular flexibility index (Phi) is 13.1. The SMILES string of the molecule is CCCCCCCCCC[N+]1(CC)CCCCC1.CS(=O)(=O)[O-]. The molecule has 0 spiro atoms. The van der Waals surface area contributed by atoms with Crippen LogP contribution in [-0.2, 0) is 10.1 Å². The normalized spacial score (nSPS) is 17.4. The number of likely N-dealkylation sites (tertiary alicyclic amines) is 1. The molecule has 1 heterocycles. The summed E-state index contributed by atoms with van der Waals surface area (Å²) in [4.78, 5) is 0. The summed E-state index contributed by atoms with van der Waals surface area (Å²) in [5.41, 5.74) is 0. The minimum Gasteiger partial charge on any atom is -0.748 e. The molecule has 0 amide bonds. The fourth-order valence-electron chi connectivity index (χ4n) is 3.46. The van der Waals surface area contributed by atoms with E-state index in [2.05, 4.69) is 13.8 Å². The molecule has 0 aliphatic carbocycles. The first kappa shape index (κ1) is 22.9. The first-order chi connectivity index (χ1) is 10.8. The third kappa shape index (κ3) is 15.2. The highest BCUT2D eigenvalue weighted by Gasteiger charge is 2.26. The smallest absolute Gasteiger partial charge is 0.0916 e. The van der Waals surface area contributed by atoms with Crippen molar-refractivity contribution in [3.8, 4) is 0 Å². The summed E-state index contributed by atoms with van der Waals surface area (Å²) in [6.45, 7) is 10.5. The predicted octanol–water partition coefficient (Wildman–Crippen LogP) is 4.31. The molecule has 1 saturated heterocycles. The van der Waals surface area contributed by atoms with Gasteiger partial charge in [0, 0.05) is 6.26 Å². The number of unbranched alkanes of at least 4 members (excludes halogenated alkanes) is 7. The van der Waals surface area contributed by atoms with Crippen LogP contribution < -0.4 is 0 Å². The van der Waals surface area contributed by atoms with E-state index in [1.807, 2.05) is 0 Å². The van der Waals surface area contributed by atoms with Crippen molar-refractivity contribution in [2.24, 2.45) is 0 Å². The third-order valence-electron chi connectivity index (χ3n) is 4.92. The molecule has 0 saturated carbocycles. The first-order valence-electron chi connectivity index (χ1n) is 9.59. The number of hydrogen-bond donors (Lipinski definition) is 0. The summed E-state index contributed by atoms with van der Waals surface area (Å²) < 4.78 is 28.7. The molecule has 1 aliphatic rings. The molecule has 23 heavy (non-hydrogen) atoms. The van der Waals surface area contributed by atoms with Gasteiger partial charge in [0.2, 0.25) is 0 Å². The second kappa shape index (κ2) is 13.2. The minimum absolute atomic E-state index is 0.604. The lowest BCUT2D eigenvalue weighted by Gasteiger charge is -2.41. The molecule has 0 unspecified atom stereocenters. The predicted molar refractivity (Wildman–Crippen MR) is 97.5 cm³/mol. The molecular weight excluding hydrogens is 310 g/mol. The van der Waals surface area contributed by atoms with Crippen LogP contribution in [0.3, 0.4) is 0 Å². The van der Waals surface area contributed by atoms with Crippen LogP contribution in [0.4, 0.5) is 0 Å². The van der Waals surface area contributed by atoms with E-state index in [1.54, 1.807) is 0 Å². The third-order valence-corrected chi connectivity index (χ3v) is 4.92. The summed E-state index contributed by atoms with van der Waals surface area (Å²) in [6, 6.07) is 0. The Hall–Kier alpha value is -0.130. The molecule has 0 bridgehead atoms. The molecule has 0 aromatic heterocycles. The van der Waals surface area contributed by atoms with Gasteiger partial charge in [0.15, 0.2) is 0 Å². The zero-order valence-electron chi connectivity index (χ0n) is 15.7. The van der Waals surface area contributed by atoms with Crippen molar-refractivity contribution in [2.75, 3.05) is 32.4 Å². The highest BCUT2D eigenvalue weighted by atomic mass is 32.2. The maximum atomic E-state index is 9.08. The lowest BCUT2D eigenvalue weighted by atomic mass is 10.0. The standard InChI is InChI=1S/C17H36N.CH4O3S/c1-3-5-6-7-8-9-10-12-15-18(4-2)16-13-11-14-17-18;1-5(2,3)4/h3-17H2,1-2H3;1H3,(H,2,3,4)/q+1;/p-1. The van der Waals surface area contributed by atoms with Gasteiger partial charge < -0.3 is 9.04 Å². The monoisotopic (exact) mass is 349 g/mol. The summed E-state index contributed by atoms with van der Waals surface area (Å²) in [5, 5.41) is 0. The van der Waals surface area contributed by atoms with Crippen LogP contribution >= 0.6 is 0 Å². The van der Waals surface area contributed by atoms with Gasteiger partial charge in [-0.3, -0.25) is 0 Å². The Morgan fingerprint density at radius 3 is 1.70 bits per heavy atom. The molecule has 0 radical (unpaired) electrons. The highest BCUT2D eigenvalue weighted by molar-refractivity contribution is 7.84. The molecule has 0 aromatic rings. The Balaban J connectivity index is 0.000000841. The topological polar surface area (TPSA) is 57.2 Å². The molecule has 0 aromatic carbocycles. The van der Waals surface area contributed by atoms with E-state index >= 15 is 0 Å². The van der Waals surface area contributed by atoms with Crippen molar-refractivity contribution >= 4 is 10.1 Å². The van der Waals surface area contributed by atoms with Gasteiger partial charge in [0.25, 0.3) is 0 Å². The molecule has 4 nitrogen and oxygen atoms in total. The molecule has 1 fully saturated rings. The van der Waals surface area contributed by atoms with Gasteiger partial charge in [-0.2, -0.15) is 0 Å². The van der Waals surface area contributed by atoms with Gasteiger partial charge in [-0.15, -0.1) is 0 Å². The Labute approximate surface area is 145 Å². The zero-order chi connectivity index (χ0) is 17.6. The summed E-state index contributed by atoms with van der Waals surface area (Å²) in [6.07, 6.45) is 16.7. The van der Waals surface area contributed by atoms with Crippen LogP contribution in [0, 0.1) is 0 Å². The molecule has 140 valence electrons. The maximum Gasteiger partial charge on any atom is 0.0916 e. The number of rotatable bonds is 10. The summed E-state index contributed by atoms with van der Waals surface area (Å²) >= 11 is 0. The van der Waals surface area contributed by atoms with Crippen LogP contribution in [0.5, 0.6) is 0 Å². The van der Waals surface area contributed by atoms with Crippen molar-refractivity contribution in [3.05, 3.63) is 0 Å². The van der Waals surface area contributed by atoms with Crippen molar-refractivity contribution in [1.82, 2.24) is 0 Å². The largest absolute Gasteiger partial charge is 0.748 e. The second-order valence-electron chi connectivity index (χ2n) is 7.07. The quantitative estimate of drug-likeness (QED) is 0.335. The average molecular weight is 350 g/mol. The number of piperidine rings is 1. The molecule has 5 heteroatoms. The lowest BCUT2D eigenvalue weighted by molar-refractivity contribution is -0.931. The van der Waals surface area contributed by atoms with E-state index in [0.717, 1.165) is 0 Å². The van der Waals surface area contributed by atoms with Gasteiger partial charge in [-0.1, -0.05) is 45.4 Å². The van der Waals surface area contributed by atoms with Crippen molar-refractivity contribution in [1.29, 1.82) is 0 Å². The van der Waals surface area contributed by atoms with Crippen LogP contribution in [0.25, 0.3) is 0 Å². The van der Waals surface area contributed by atoms with Crippen molar-refractivity contribution in [2.45, 2.75) is 84.5 Å². The molecular formula is C18H39NO3S. The zero-order valence-corrected chi connectivity index (χ0v) is 16.5. The van der Waals surface area contributed by atoms with Gasteiger partial charge in [-0.05, 0) is 39.0 Å². The van der Waals surface area contributed by atoms with E-state index < -0.39 is 10.1 Å². The Morgan fingerprint density at radius 1 is 0.826 bits per heavy atom. The Bertz CT molecular complexity index is 354. The van der Waals surface area contributed by atoms with Gasteiger partial charge in [0.05, 0.1) is 36.3 Å². The minimum atomic E-state index is -3.92. The second-order valence-corrected chi connectivity index (χ2v) is 8.48. The lowest BCUT2D eigenvalue weighted by Crippen LogP contribution is -2.51. The number of nitrogens with zero attached hydrogens (tertiary/aromatic N) is 1. The summed E-state index contributed by atoms with van der Waals surface area (Å²) in [5.74, 6) is 0. The van der Waals surface area contributed by atoms with E-state index in [4.69, 9.17) is 13.0 Å². The fourth-order valence-corrected chi connectivity index (χ4v) is 3.46. The highest BCUT2D eigenvalue weighted by Crippen LogP contribution is 2.20. The molecule has 0 N–H and O–H groups in total. The van der Waals surface area contributed by atoms with Crippen molar-refractivity contribution < 1.29 is 17.5 Å². The average Bonchev–Trinajstić information content (AvgIpc) is 2.49. The van der Waals surface area contributed by atoms with Crippen LogP contribution in [-0.4, -0.2) is 49.9 Å². The summed E-state index contributed by atoms with van der Waals surface area (Å²) in [7, 11) is -3.92. The van der Waals surface area contributed by atoms with E-state index in [9.17, 15) is 0 Å². The molecule has 1 rings (SSSR count). The van der Waals surface area contributed by atoms with Crippen LogP contribution in [0.1, 0.15) is 84.5 Å². The van der Waals surface area contributed by atoms with E-state index in [0.29, 0.717) is 6.26 Å². The van der Waals surface area contributed by atoms with Gasteiger partial charge in [0.1, 0.15) is 0 Å². The molecule has 1 aliphatic heterocycles. The van der Waals surface area contributed by atoms with Gasteiger partial charge in [-0.25, -0.2) is 8.42 Å². The maximum absolute atomic E-state index is 9.08. The van der Waals surface area contributed by atoms with Crippen LogP contribution in [0.15, 0.2) is 0 Å². The van der Waals surface area contributed by atoms with Crippen molar-refractivity contribution in [3.63, 3.8) is 0 Å². The first-order valence-corrected chi connectivity index (χ1v) is 11.4. The van der Waals surface area contributed by atoms with E-state index in [-0.39, 0.29) is 0 Å². The number of quaternary nitrogens is 1.